The van der Waals surface area contributed by atoms with Crippen LogP contribution in [-0.2, 0) is 23.9 Å². The average Bonchev–Trinajstić information content (AvgIpc) is 3.48. The monoisotopic (exact) mass is 519 g/mol. The van der Waals surface area contributed by atoms with Crippen molar-refractivity contribution >= 4 is 39.8 Å². The lowest BCUT2D eigenvalue weighted by Crippen LogP contribution is -2.15. The molecule has 8 nitrogen and oxygen atoms in total. The van der Waals surface area contributed by atoms with Gasteiger partial charge in [-0.1, -0.05) is 54.3 Å². The molecule has 0 radical (unpaired) electrons. The van der Waals surface area contributed by atoms with Crippen LogP contribution in [0, 0.1) is 0 Å². The number of para-hydroxylation sites is 1. The van der Waals surface area contributed by atoms with Crippen molar-refractivity contribution in [1.29, 1.82) is 0 Å². The van der Waals surface area contributed by atoms with Gasteiger partial charge in [-0.05, 0) is 36.8 Å². The first-order valence-electron chi connectivity index (χ1n) is 10.5. The maximum atomic E-state index is 13.0. The summed E-state index contributed by atoms with van der Waals surface area (Å²) in [5.41, 5.74) is 0.327. The molecule has 2 heterocycles. The predicted molar refractivity (Wildman–Crippen MR) is 129 cm³/mol. The van der Waals surface area contributed by atoms with E-state index in [1.807, 2.05) is 37.3 Å². The number of aryl methyl sites for hydroxylation is 1. The Morgan fingerprint density at radius 1 is 1.06 bits per heavy atom. The molecule has 0 aliphatic heterocycles. The van der Waals surface area contributed by atoms with E-state index in [0.29, 0.717) is 21.8 Å². The fourth-order valence-electron chi connectivity index (χ4n) is 3.06. The number of alkyl halides is 3. The second-order valence-corrected chi connectivity index (χ2v) is 9.20. The normalized spacial score (nSPS) is 11.4. The lowest BCUT2D eigenvalue weighted by molar-refractivity contribution is -0.137. The van der Waals surface area contributed by atoms with Gasteiger partial charge in [0.1, 0.15) is 5.01 Å². The minimum atomic E-state index is -4.43. The number of aromatic nitrogens is 5. The van der Waals surface area contributed by atoms with Gasteiger partial charge in [0, 0.05) is 11.4 Å². The number of nitrogens with zero attached hydrogens (tertiary/aromatic N) is 5. The molecule has 0 unspecified atom stereocenters. The number of rotatable bonds is 9. The highest BCUT2D eigenvalue weighted by Crippen LogP contribution is 2.31. The highest BCUT2D eigenvalue weighted by molar-refractivity contribution is 7.99. The number of hydrogen-bond donors (Lipinski definition) is 2. The third-order valence-corrected chi connectivity index (χ3v) is 6.62. The lowest BCUT2D eigenvalue weighted by Gasteiger charge is -2.12. The Morgan fingerprint density at radius 2 is 1.86 bits per heavy atom. The molecule has 4 aromatic rings. The maximum absolute atomic E-state index is 13.0. The number of thioether (sulfide) groups is 1. The van der Waals surface area contributed by atoms with E-state index in [0.717, 1.165) is 29.2 Å². The Balaban J connectivity index is 1.49. The summed E-state index contributed by atoms with van der Waals surface area (Å²) in [7, 11) is 0. The van der Waals surface area contributed by atoms with Gasteiger partial charge < -0.3 is 5.32 Å². The first-order chi connectivity index (χ1) is 16.8. The largest absolute Gasteiger partial charge is 0.416 e. The van der Waals surface area contributed by atoms with Gasteiger partial charge in [0.25, 0.3) is 0 Å². The van der Waals surface area contributed by atoms with Crippen LogP contribution in [0.25, 0.3) is 5.69 Å². The zero-order valence-corrected chi connectivity index (χ0v) is 20.0. The van der Waals surface area contributed by atoms with Crippen molar-refractivity contribution in [3.63, 3.8) is 0 Å². The van der Waals surface area contributed by atoms with Crippen molar-refractivity contribution in [2.45, 2.75) is 31.2 Å². The second kappa shape index (κ2) is 10.9. The molecule has 2 N–H and O–H groups in total. The summed E-state index contributed by atoms with van der Waals surface area (Å²) >= 11 is 2.51. The first-order valence-corrected chi connectivity index (χ1v) is 12.3. The number of nitrogens with one attached hydrogen (secondary N) is 2. The van der Waals surface area contributed by atoms with E-state index in [1.165, 1.54) is 29.2 Å². The van der Waals surface area contributed by atoms with Crippen molar-refractivity contribution in [3.05, 3.63) is 71.0 Å². The van der Waals surface area contributed by atoms with Gasteiger partial charge in [0.05, 0.1) is 17.9 Å². The topological polar surface area (TPSA) is 97.6 Å². The number of carbonyl (C=O) groups is 1. The van der Waals surface area contributed by atoms with Crippen LogP contribution in [0.3, 0.4) is 0 Å². The molecule has 0 aliphatic carbocycles. The van der Waals surface area contributed by atoms with Crippen molar-refractivity contribution in [2.24, 2.45) is 0 Å². The molecule has 0 aliphatic rings. The minimum absolute atomic E-state index is 0.0626. The number of amides is 1. The molecule has 2 aromatic carbocycles. The van der Waals surface area contributed by atoms with Crippen LogP contribution in [0.4, 0.5) is 24.0 Å². The number of anilines is 2. The summed E-state index contributed by atoms with van der Waals surface area (Å²) in [6.07, 6.45) is -3.70. The SMILES string of the molecule is CCc1nnc(NC(=O)CSc2nnc(CNc3cccc(C(F)(F)F)c3)n2-c2ccccc2)s1. The van der Waals surface area contributed by atoms with E-state index >= 15 is 0 Å². The molecule has 182 valence electrons. The van der Waals surface area contributed by atoms with E-state index < -0.39 is 11.7 Å². The second-order valence-electron chi connectivity index (χ2n) is 7.19. The molecule has 13 heteroatoms. The summed E-state index contributed by atoms with van der Waals surface area (Å²) in [6.45, 7) is 2.08. The summed E-state index contributed by atoms with van der Waals surface area (Å²) in [4.78, 5) is 12.4. The molecule has 0 saturated heterocycles. The van der Waals surface area contributed by atoms with Crippen LogP contribution in [0.15, 0.2) is 59.8 Å². The van der Waals surface area contributed by atoms with Crippen LogP contribution in [0.5, 0.6) is 0 Å². The number of halogens is 3. The van der Waals surface area contributed by atoms with Crippen LogP contribution in [0.1, 0.15) is 23.3 Å². The fourth-order valence-corrected chi connectivity index (χ4v) is 4.53. The lowest BCUT2D eigenvalue weighted by atomic mass is 10.2. The van der Waals surface area contributed by atoms with Gasteiger partial charge in [-0.3, -0.25) is 14.7 Å². The third kappa shape index (κ3) is 6.36. The number of carbonyl (C=O) groups excluding carboxylic acids is 1. The third-order valence-electron chi connectivity index (χ3n) is 4.70. The van der Waals surface area contributed by atoms with E-state index in [4.69, 9.17) is 0 Å². The molecule has 35 heavy (non-hydrogen) atoms. The molecular weight excluding hydrogens is 499 g/mol. The minimum Gasteiger partial charge on any atom is -0.378 e. The quantitative estimate of drug-likeness (QED) is 0.299. The Labute approximate surface area is 207 Å². The Bertz CT molecular complexity index is 1290. The van der Waals surface area contributed by atoms with E-state index in [2.05, 4.69) is 31.0 Å². The summed E-state index contributed by atoms with van der Waals surface area (Å²) in [5.74, 6) is 0.279. The fraction of sp³-hybridized carbons (Fsp3) is 0.227. The van der Waals surface area contributed by atoms with Crippen molar-refractivity contribution in [2.75, 3.05) is 16.4 Å². The van der Waals surface area contributed by atoms with Gasteiger partial charge in [0.2, 0.25) is 11.0 Å². The van der Waals surface area contributed by atoms with Crippen LogP contribution in [0.2, 0.25) is 0 Å². The van der Waals surface area contributed by atoms with Gasteiger partial charge in [0.15, 0.2) is 11.0 Å². The Hall–Kier alpha value is -3.45. The van der Waals surface area contributed by atoms with Gasteiger partial charge in [-0.25, -0.2) is 0 Å². The van der Waals surface area contributed by atoms with Gasteiger partial charge in [-0.15, -0.1) is 20.4 Å². The molecule has 1 amide bonds. The summed E-state index contributed by atoms with van der Waals surface area (Å²) in [5, 5.41) is 23.8. The zero-order chi connectivity index (χ0) is 24.8. The molecule has 0 spiro atoms. The molecule has 0 atom stereocenters. The average molecular weight is 520 g/mol. The van der Waals surface area contributed by atoms with E-state index in [1.54, 1.807) is 10.6 Å². The highest BCUT2D eigenvalue weighted by Gasteiger charge is 2.30. The van der Waals surface area contributed by atoms with Gasteiger partial charge >= 0.3 is 6.18 Å². The molecule has 0 bridgehead atoms. The van der Waals surface area contributed by atoms with Crippen molar-refractivity contribution in [1.82, 2.24) is 25.0 Å². The smallest absolute Gasteiger partial charge is 0.378 e. The summed E-state index contributed by atoms with van der Waals surface area (Å²) in [6, 6.07) is 14.2. The predicted octanol–water partition coefficient (Wildman–Crippen LogP) is 5.04. The zero-order valence-electron chi connectivity index (χ0n) is 18.4. The molecule has 2 aromatic heterocycles. The van der Waals surface area contributed by atoms with Crippen LogP contribution in [-0.4, -0.2) is 36.6 Å². The van der Waals surface area contributed by atoms with Crippen LogP contribution < -0.4 is 10.6 Å². The Kier molecular flexibility index (Phi) is 7.66. The standard InChI is InChI=1S/C22H20F3N7OS2/c1-2-19-29-30-20(35-19)27-18(33)13-34-21-31-28-17(32(21)16-9-4-3-5-10-16)12-26-15-8-6-7-14(11-15)22(23,24)25/h3-11,26H,2,12-13H2,1H3,(H,27,30,33). The van der Waals surface area contributed by atoms with Crippen molar-refractivity contribution in [3.8, 4) is 5.69 Å². The van der Waals surface area contributed by atoms with Crippen LogP contribution >= 0.6 is 23.1 Å². The van der Waals surface area contributed by atoms with E-state index in [-0.39, 0.29) is 18.2 Å². The first kappa shape index (κ1) is 24.7. The Morgan fingerprint density at radius 3 is 2.57 bits per heavy atom. The molecule has 0 fully saturated rings. The maximum Gasteiger partial charge on any atom is 0.416 e. The van der Waals surface area contributed by atoms with Crippen molar-refractivity contribution < 1.29 is 18.0 Å². The van der Waals surface area contributed by atoms with Gasteiger partial charge in [-0.2, -0.15) is 13.2 Å². The molecule has 4 rings (SSSR count). The molecular formula is C22H20F3N7OS2. The highest BCUT2D eigenvalue weighted by atomic mass is 32.2. The summed E-state index contributed by atoms with van der Waals surface area (Å²) < 4.78 is 40.9. The number of benzene rings is 2. The molecule has 0 saturated carbocycles. The number of hydrogen-bond acceptors (Lipinski definition) is 8. The van der Waals surface area contributed by atoms with E-state index in [9.17, 15) is 18.0 Å².